The van der Waals surface area contributed by atoms with Crippen molar-refractivity contribution in [2.75, 3.05) is 7.11 Å². The lowest BCUT2D eigenvalue weighted by atomic mass is 10.2. The molecule has 1 aromatic rings. The van der Waals surface area contributed by atoms with E-state index in [9.17, 15) is 14.4 Å². The molecule has 1 rings (SSSR count). The Labute approximate surface area is 112 Å². The Bertz CT molecular complexity index is 473. The number of carbonyl (C=O) groups is 3. The second-order valence-corrected chi connectivity index (χ2v) is 4.96. The zero-order valence-electron chi connectivity index (χ0n) is 9.31. The van der Waals surface area contributed by atoms with E-state index in [0.29, 0.717) is 4.34 Å². The highest BCUT2D eigenvalue weighted by Gasteiger charge is 2.24. The Hall–Kier alpha value is -1.60. The summed E-state index contributed by atoms with van der Waals surface area (Å²) in [6.45, 7) is 0. The van der Waals surface area contributed by atoms with Crippen molar-refractivity contribution in [1.29, 1.82) is 0 Å². The molecule has 8 heteroatoms. The monoisotopic (exact) mass is 291 g/mol. The molecule has 0 spiro atoms. The Morgan fingerprint density at radius 3 is 2.61 bits per heavy atom. The van der Waals surface area contributed by atoms with Gasteiger partial charge in [-0.3, -0.25) is 9.59 Å². The number of thiophene rings is 1. The first-order valence-electron chi connectivity index (χ1n) is 4.80. The molecule has 1 atom stereocenters. The highest BCUT2D eigenvalue weighted by molar-refractivity contribution is 7.18. The third-order valence-electron chi connectivity index (χ3n) is 2.00. The summed E-state index contributed by atoms with van der Waals surface area (Å²) in [4.78, 5) is 33.8. The van der Waals surface area contributed by atoms with E-state index in [1.807, 2.05) is 0 Å². The number of rotatable bonds is 5. The van der Waals surface area contributed by atoms with Gasteiger partial charge in [0.25, 0.3) is 5.91 Å². The van der Waals surface area contributed by atoms with Crippen LogP contribution in [0.15, 0.2) is 12.1 Å². The van der Waals surface area contributed by atoms with Crippen LogP contribution < -0.4 is 5.32 Å². The molecular weight excluding hydrogens is 282 g/mol. The van der Waals surface area contributed by atoms with Gasteiger partial charge in [-0.2, -0.15) is 0 Å². The van der Waals surface area contributed by atoms with Gasteiger partial charge in [0.2, 0.25) is 0 Å². The summed E-state index contributed by atoms with van der Waals surface area (Å²) in [5.74, 6) is -2.62. The van der Waals surface area contributed by atoms with Crippen LogP contribution in [-0.4, -0.2) is 36.1 Å². The van der Waals surface area contributed by atoms with E-state index >= 15 is 0 Å². The van der Waals surface area contributed by atoms with E-state index in [4.69, 9.17) is 16.7 Å². The molecule has 0 saturated carbocycles. The van der Waals surface area contributed by atoms with Crippen LogP contribution in [0.25, 0.3) is 0 Å². The molecule has 0 fully saturated rings. The lowest BCUT2D eigenvalue weighted by molar-refractivity contribution is -0.147. The number of esters is 1. The fourth-order valence-electron chi connectivity index (χ4n) is 1.12. The summed E-state index contributed by atoms with van der Waals surface area (Å²) in [6, 6.07) is 1.67. The van der Waals surface area contributed by atoms with Crippen LogP contribution in [0, 0.1) is 0 Å². The smallest absolute Gasteiger partial charge is 0.326 e. The molecule has 1 amide bonds. The second-order valence-electron chi connectivity index (χ2n) is 3.25. The van der Waals surface area contributed by atoms with Gasteiger partial charge in [0.15, 0.2) is 0 Å². The van der Waals surface area contributed by atoms with Crippen molar-refractivity contribution in [1.82, 2.24) is 5.32 Å². The molecule has 0 aliphatic heterocycles. The van der Waals surface area contributed by atoms with Crippen molar-refractivity contribution in [2.24, 2.45) is 0 Å². The molecule has 0 bridgehead atoms. The van der Waals surface area contributed by atoms with Crippen molar-refractivity contribution < 1.29 is 24.2 Å². The summed E-state index contributed by atoms with van der Waals surface area (Å²) in [7, 11) is 1.14. The zero-order chi connectivity index (χ0) is 13.7. The fourth-order valence-corrected chi connectivity index (χ4v) is 2.06. The Kier molecular flexibility index (Phi) is 5.11. The van der Waals surface area contributed by atoms with Crippen molar-refractivity contribution in [2.45, 2.75) is 12.5 Å². The highest BCUT2D eigenvalue weighted by Crippen LogP contribution is 2.21. The summed E-state index contributed by atoms with van der Waals surface area (Å²) in [5, 5.41) is 11.1. The lowest BCUT2D eigenvalue weighted by Gasteiger charge is -2.12. The number of ether oxygens (including phenoxy) is 1. The maximum Gasteiger partial charge on any atom is 0.326 e. The normalized spacial score (nSPS) is 11.7. The molecule has 0 unspecified atom stereocenters. The average molecular weight is 292 g/mol. The lowest BCUT2D eigenvalue weighted by Crippen LogP contribution is -2.42. The number of aliphatic carboxylic acids is 1. The molecule has 0 aliphatic rings. The Morgan fingerprint density at radius 2 is 2.17 bits per heavy atom. The first kappa shape index (κ1) is 14.5. The van der Waals surface area contributed by atoms with Gasteiger partial charge in [-0.1, -0.05) is 11.6 Å². The van der Waals surface area contributed by atoms with Crippen molar-refractivity contribution >= 4 is 40.8 Å². The largest absolute Gasteiger partial charge is 0.480 e. The van der Waals surface area contributed by atoms with Gasteiger partial charge in [0, 0.05) is 0 Å². The molecule has 2 N–H and O–H groups in total. The Balaban J connectivity index is 2.69. The molecule has 1 aromatic heterocycles. The fraction of sp³-hybridized carbons (Fsp3) is 0.300. The first-order valence-corrected chi connectivity index (χ1v) is 5.99. The van der Waals surface area contributed by atoms with Crippen LogP contribution in [0.1, 0.15) is 16.1 Å². The van der Waals surface area contributed by atoms with Crippen molar-refractivity contribution in [3.63, 3.8) is 0 Å². The van der Waals surface area contributed by atoms with Crippen molar-refractivity contribution in [3.05, 3.63) is 21.3 Å². The zero-order valence-corrected chi connectivity index (χ0v) is 10.9. The summed E-state index contributed by atoms with van der Waals surface area (Å²) in [6.07, 6.45) is -0.434. The SMILES string of the molecule is COC(=O)C[C@H](NC(=O)c1ccc(Cl)s1)C(=O)O. The van der Waals surface area contributed by atoms with E-state index in [1.54, 1.807) is 0 Å². The van der Waals surface area contributed by atoms with Gasteiger partial charge >= 0.3 is 11.9 Å². The van der Waals surface area contributed by atoms with Gasteiger partial charge in [0.1, 0.15) is 6.04 Å². The van der Waals surface area contributed by atoms with E-state index in [2.05, 4.69) is 10.1 Å². The third-order valence-corrected chi connectivity index (χ3v) is 3.23. The number of methoxy groups -OCH3 is 1. The van der Waals surface area contributed by atoms with Crippen LogP contribution in [0.2, 0.25) is 4.34 Å². The predicted molar refractivity (Wildman–Crippen MR) is 64.9 cm³/mol. The highest BCUT2D eigenvalue weighted by atomic mass is 35.5. The predicted octanol–water partition coefficient (Wildman–Crippen LogP) is 1.15. The average Bonchev–Trinajstić information content (AvgIpc) is 2.74. The van der Waals surface area contributed by atoms with Crippen LogP contribution in [0.3, 0.4) is 0 Å². The minimum Gasteiger partial charge on any atom is -0.480 e. The molecule has 98 valence electrons. The summed E-state index contributed by atoms with van der Waals surface area (Å²) >= 11 is 6.68. The number of carboxylic acid groups (broad SMARTS) is 1. The minimum atomic E-state index is -1.33. The minimum absolute atomic E-state index is 0.274. The van der Waals surface area contributed by atoms with Gasteiger partial charge in [-0.15, -0.1) is 11.3 Å². The van der Waals surface area contributed by atoms with Crippen LogP contribution in [0.5, 0.6) is 0 Å². The van der Waals surface area contributed by atoms with E-state index < -0.39 is 30.3 Å². The molecule has 0 radical (unpaired) electrons. The molecular formula is C10H10ClNO5S. The van der Waals surface area contributed by atoms with Crippen LogP contribution in [0.4, 0.5) is 0 Å². The molecule has 0 aliphatic carbocycles. The maximum atomic E-state index is 11.7. The van der Waals surface area contributed by atoms with Gasteiger partial charge < -0.3 is 15.2 Å². The number of amides is 1. The number of carboxylic acids is 1. The number of halogens is 1. The van der Waals surface area contributed by atoms with Gasteiger partial charge in [-0.25, -0.2) is 4.79 Å². The summed E-state index contributed by atoms with van der Waals surface area (Å²) < 4.78 is 4.77. The quantitative estimate of drug-likeness (QED) is 0.794. The van der Waals surface area contributed by atoms with E-state index in [-0.39, 0.29) is 4.88 Å². The van der Waals surface area contributed by atoms with Crippen LogP contribution >= 0.6 is 22.9 Å². The van der Waals surface area contributed by atoms with Gasteiger partial charge in [0.05, 0.1) is 22.7 Å². The molecule has 1 heterocycles. The number of hydrogen-bond acceptors (Lipinski definition) is 5. The molecule has 18 heavy (non-hydrogen) atoms. The topological polar surface area (TPSA) is 92.7 Å². The van der Waals surface area contributed by atoms with Crippen molar-refractivity contribution in [3.8, 4) is 0 Å². The van der Waals surface area contributed by atoms with Gasteiger partial charge in [-0.05, 0) is 12.1 Å². The third kappa shape index (κ3) is 4.01. The number of hydrogen-bond donors (Lipinski definition) is 2. The number of nitrogens with one attached hydrogen (secondary N) is 1. The van der Waals surface area contributed by atoms with Crippen LogP contribution in [-0.2, 0) is 14.3 Å². The van der Waals surface area contributed by atoms with E-state index in [1.165, 1.54) is 12.1 Å². The van der Waals surface area contributed by atoms with E-state index in [0.717, 1.165) is 18.4 Å². The standard InChI is InChI=1S/C10H10ClNO5S/c1-17-8(13)4-5(10(15)16)12-9(14)6-2-3-7(11)18-6/h2-3,5H,4H2,1H3,(H,12,14)(H,15,16)/t5-/m0/s1. The first-order chi connectivity index (χ1) is 8.43. The maximum absolute atomic E-state index is 11.7. The molecule has 0 aromatic carbocycles. The summed E-state index contributed by atoms with van der Waals surface area (Å²) in [5.41, 5.74) is 0. The Morgan fingerprint density at radius 1 is 1.50 bits per heavy atom. The number of carbonyl (C=O) groups excluding carboxylic acids is 2. The molecule has 6 nitrogen and oxygen atoms in total. The second kappa shape index (κ2) is 6.36. The molecule has 0 saturated heterocycles.